The lowest BCUT2D eigenvalue weighted by atomic mass is 10.3. The highest BCUT2D eigenvalue weighted by atomic mass is 79.9. The molecule has 0 bridgehead atoms. The van der Waals surface area contributed by atoms with Crippen LogP contribution in [-0.4, -0.2) is 4.98 Å². The molecule has 0 radical (unpaired) electrons. The van der Waals surface area contributed by atoms with E-state index in [9.17, 15) is 0 Å². The predicted octanol–water partition coefficient (Wildman–Crippen LogP) is 3.51. The van der Waals surface area contributed by atoms with Gasteiger partial charge in [0.2, 0.25) is 5.88 Å². The summed E-state index contributed by atoms with van der Waals surface area (Å²) in [4.78, 5) is 4.02. The first-order chi connectivity index (χ1) is 7.78. The van der Waals surface area contributed by atoms with Gasteiger partial charge in [0.05, 0.1) is 0 Å². The van der Waals surface area contributed by atoms with E-state index in [1.807, 2.05) is 30.3 Å². The van der Waals surface area contributed by atoms with Crippen molar-refractivity contribution in [3.8, 4) is 17.7 Å². The van der Waals surface area contributed by atoms with Gasteiger partial charge >= 0.3 is 0 Å². The van der Waals surface area contributed by atoms with Gasteiger partial charge in [-0.2, -0.15) is 5.26 Å². The zero-order chi connectivity index (χ0) is 11.4. The molecule has 4 heteroatoms. The zero-order valence-corrected chi connectivity index (χ0v) is 9.81. The Bertz CT molecular complexity index is 549. The number of nitriles is 1. The molecule has 0 spiro atoms. The van der Waals surface area contributed by atoms with Crippen molar-refractivity contribution in [1.82, 2.24) is 4.98 Å². The normalized spacial score (nSPS) is 9.50. The number of benzene rings is 1. The number of halogens is 1. The van der Waals surface area contributed by atoms with E-state index >= 15 is 0 Å². The lowest BCUT2D eigenvalue weighted by Gasteiger charge is -2.04. The summed E-state index contributed by atoms with van der Waals surface area (Å²) in [6.07, 6.45) is 0. The highest BCUT2D eigenvalue weighted by Gasteiger charge is 2.00. The largest absolute Gasteiger partial charge is 0.439 e. The molecule has 78 valence electrons. The summed E-state index contributed by atoms with van der Waals surface area (Å²) in [5.74, 6) is 1.09. The standard InChI is InChI=1S/C12H7BrN2O/c13-9-3-1-5-11(7-9)16-12-6-2-4-10(8-14)15-12/h1-7H. The summed E-state index contributed by atoms with van der Waals surface area (Å²) in [5, 5.41) is 8.70. The predicted molar refractivity (Wildman–Crippen MR) is 63.2 cm³/mol. The van der Waals surface area contributed by atoms with Crippen molar-refractivity contribution < 1.29 is 4.74 Å². The van der Waals surface area contributed by atoms with Gasteiger partial charge in [0.1, 0.15) is 17.5 Å². The summed E-state index contributed by atoms with van der Waals surface area (Å²) in [5.41, 5.74) is 0.340. The van der Waals surface area contributed by atoms with E-state index in [2.05, 4.69) is 20.9 Å². The Labute approximate surface area is 101 Å². The van der Waals surface area contributed by atoms with Crippen LogP contribution in [0.25, 0.3) is 0 Å². The molecule has 2 rings (SSSR count). The van der Waals surface area contributed by atoms with Crippen molar-refractivity contribution in [2.45, 2.75) is 0 Å². The molecule has 2 aromatic rings. The first kappa shape index (κ1) is 10.7. The molecule has 0 N–H and O–H groups in total. The maximum atomic E-state index is 8.70. The number of aromatic nitrogens is 1. The summed E-state index contributed by atoms with van der Waals surface area (Å²) >= 11 is 3.35. The second-order valence-corrected chi connectivity index (χ2v) is 3.95. The molecule has 3 nitrogen and oxygen atoms in total. The lowest BCUT2D eigenvalue weighted by Crippen LogP contribution is -1.89. The van der Waals surface area contributed by atoms with Crippen molar-refractivity contribution in [3.63, 3.8) is 0 Å². The molecule has 0 amide bonds. The van der Waals surface area contributed by atoms with Crippen LogP contribution >= 0.6 is 15.9 Å². The van der Waals surface area contributed by atoms with Gasteiger partial charge < -0.3 is 4.74 Å². The van der Waals surface area contributed by atoms with Crippen LogP contribution in [0.1, 0.15) is 5.69 Å². The fraction of sp³-hybridized carbons (Fsp3) is 0. The first-order valence-electron chi connectivity index (χ1n) is 4.58. The van der Waals surface area contributed by atoms with Gasteiger partial charge in [0.15, 0.2) is 0 Å². The molecule has 1 aromatic carbocycles. The average Bonchev–Trinajstić information content (AvgIpc) is 2.29. The van der Waals surface area contributed by atoms with Crippen molar-refractivity contribution in [2.24, 2.45) is 0 Å². The second kappa shape index (κ2) is 4.77. The number of pyridine rings is 1. The summed E-state index contributed by atoms with van der Waals surface area (Å²) in [7, 11) is 0. The molecule has 1 aromatic heterocycles. The van der Waals surface area contributed by atoms with E-state index < -0.39 is 0 Å². The topological polar surface area (TPSA) is 45.9 Å². The van der Waals surface area contributed by atoms with E-state index in [-0.39, 0.29) is 0 Å². The van der Waals surface area contributed by atoms with E-state index in [0.717, 1.165) is 4.47 Å². The summed E-state index contributed by atoms with van der Waals surface area (Å²) in [6.45, 7) is 0. The SMILES string of the molecule is N#Cc1cccc(Oc2cccc(Br)c2)n1. The van der Waals surface area contributed by atoms with Crippen LogP contribution < -0.4 is 4.74 Å². The van der Waals surface area contributed by atoms with Gasteiger partial charge in [-0.05, 0) is 24.3 Å². The van der Waals surface area contributed by atoms with E-state index in [0.29, 0.717) is 17.3 Å². The Morgan fingerprint density at radius 3 is 2.75 bits per heavy atom. The van der Waals surface area contributed by atoms with Gasteiger partial charge in [0, 0.05) is 10.5 Å². The molecular formula is C12H7BrN2O. The molecule has 0 aliphatic heterocycles. The maximum Gasteiger partial charge on any atom is 0.220 e. The molecule has 0 unspecified atom stereocenters. The van der Waals surface area contributed by atoms with Crippen LogP contribution in [0.15, 0.2) is 46.9 Å². The van der Waals surface area contributed by atoms with Gasteiger partial charge in [-0.3, -0.25) is 0 Å². The molecule has 0 fully saturated rings. The van der Waals surface area contributed by atoms with Crippen molar-refractivity contribution in [3.05, 3.63) is 52.6 Å². The quantitative estimate of drug-likeness (QED) is 0.842. The second-order valence-electron chi connectivity index (χ2n) is 3.03. The van der Waals surface area contributed by atoms with Crippen LogP contribution in [0.3, 0.4) is 0 Å². The minimum Gasteiger partial charge on any atom is -0.439 e. The molecule has 0 saturated heterocycles. The van der Waals surface area contributed by atoms with Gasteiger partial charge in [-0.25, -0.2) is 4.98 Å². The van der Waals surface area contributed by atoms with Crippen LogP contribution in [0.4, 0.5) is 0 Å². The highest BCUT2D eigenvalue weighted by Crippen LogP contribution is 2.22. The van der Waals surface area contributed by atoms with Gasteiger partial charge in [0.25, 0.3) is 0 Å². The smallest absolute Gasteiger partial charge is 0.220 e. The summed E-state index contributed by atoms with van der Waals surface area (Å²) < 4.78 is 6.44. The fourth-order valence-electron chi connectivity index (χ4n) is 1.19. The van der Waals surface area contributed by atoms with Crippen LogP contribution in [-0.2, 0) is 0 Å². The molecule has 0 atom stereocenters. The first-order valence-corrected chi connectivity index (χ1v) is 5.38. The monoisotopic (exact) mass is 274 g/mol. The fourth-order valence-corrected chi connectivity index (χ4v) is 1.56. The minimum atomic E-state index is 0.340. The van der Waals surface area contributed by atoms with Crippen LogP contribution in [0.2, 0.25) is 0 Å². The van der Waals surface area contributed by atoms with E-state index in [1.54, 1.807) is 18.2 Å². The average molecular weight is 275 g/mol. The highest BCUT2D eigenvalue weighted by molar-refractivity contribution is 9.10. The number of hydrogen-bond acceptors (Lipinski definition) is 3. The van der Waals surface area contributed by atoms with Gasteiger partial charge in [-0.1, -0.05) is 28.1 Å². The number of nitrogens with zero attached hydrogens (tertiary/aromatic N) is 2. The molecule has 16 heavy (non-hydrogen) atoms. The molecule has 1 heterocycles. The third-order valence-corrected chi connectivity index (χ3v) is 2.35. The Kier molecular flexibility index (Phi) is 3.18. The molecule has 0 saturated carbocycles. The van der Waals surface area contributed by atoms with E-state index in [1.165, 1.54) is 0 Å². The van der Waals surface area contributed by atoms with Gasteiger partial charge in [-0.15, -0.1) is 0 Å². The Balaban J connectivity index is 2.24. The molecule has 0 aliphatic carbocycles. The Morgan fingerprint density at radius 1 is 1.19 bits per heavy atom. The molecule has 0 aliphatic rings. The van der Waals surface area contributed by atoms with Crippen LogP contribution in [0, 0.1) is 11.3 Å². The third-order valence-electron chi connectivity index (χ3n) is 1.86. The molecular weight excluding hydrogens is 268 g/mol. The third kappa shape index (κ3) is 2.59. The van der Waals surface area contributed by atoms with E-state index in [4.69, 9.17) is 10.00 Å². The Morgan fingerprint density at radius 2 is 2.00 bits per heavy atom. The number of rotatable bonds is 2. The minimum absolute atomic E-state index is 0.340. The summed E-state index contributed by atoms with van der Waals surface area (Å²) in [6, 6.07) is 14.5. The number of hydrogen-bond donors (Lipinski definition) is 0. The van der Waals surface area contributed by atoms with Crippen molar-refractivity contribution >= 4 is 15.9 Å². The Hall–Kier alpha value is -1.86. The van der Waals surface area contributed by atoms with Crippen LogP contribution in [0.5, 0.6) is 11.6 Å². The zero-order valence-electron chi connectivity index (χ0n) is 8.22. The number of ether oxygens (including phenoxy) is 1. The maximum absolute atomic E-state index is 8.70. The van der Waals surface area contributed by atoms with Crippen molar-refractivity contribution in [1.29, 1.82) is 5.26 Å². The lowest BCUT2D eigenvalue weighted by molar-refractivity contribution is 0.462. The van der Waals surface area contributed by atoms with Crippen molar-refractivity contribution in [2.75, 3.05) is 0 Å².